The van der Waals surface area contributed by atoms with Crippen molar-refractivity contribution in [3.05, 3.63) is 167 Å². The fourth-order valence-electron chi connectivity index (χ4n) is 8.21. The molecule has 2 heteroatoms. The molecule has 0 N–H and O–H groups in total. The van der Waals surface area contributed by atoms with Gasteiger partial charge in [0.1, 0.15) is 0 Å². The van der Waals surface area contributed by atoms with Crippen molar-refractivity contribution < 1.29 is 0 Å². The summed E-state index contributed by atoms with van der Waals surface area (Å²) < 4.78 is 2.60. The molecule has 0 fully saturated rings. The second-order valence-corrected chi connectivity index (χ2v) is 13.0. The molecule has 6 aromatic carbocycles. The second-order valence-electron chi connectivity index (χ2n) is 11.9. The van der Waals surface area contributed by atoms with E-state index in [9.17, 15) is 0 Å². The van der Waals surface area contributed by atoms with Crippen LogP contribution in [-0.4, -0.2) is 4.57 Å². The zero-order chi connectivity index (χ0) is 28.1. The van der Waals surface area contributed by atoms with E-state index in [4.69, 9.17) is 0 Å². The van der Waals surface area contributed by atoms with Gasteiger partial charge in [0, 0.05) is 32.1 Å². The summed E-state index contributed by atoms with van der Waals surface area (Å²) in [6.45, 7) is 0. The lowest BCUT2D eigenvalue weighted by molar-refractivity contribution is 0.724. The van der Waals surface area contributed by atoms with Gasteiger partial charge in [-0.2, -0.15) is 0 Å². The van der Waals surface area contributed by atoms with Crippen molar-refractivity contribution in [3.8, 4) is 16.8 Å². The standard InChI is InChI=1S/C41H27NS/c1-2-12-27-25-28(22-21-26(27)11-1)42-37-19-9-5-15-31(37)32-23-24-36-40(39(32)42)43-38-20-10-8-18-35(38)41(36)33-16-6-3-13-29(33)30-14-4-7-17-34(30)41/h1-8,10-18,20-25H,9,19H2. The van der Waals surface area contributed by atoms with Crippen LogP contribution < -0.4 is 0 Å². The normalized spacial score (nSPS) is 15.3. The highest BCUT2D eigenvalue weighted by Crippen LogP contribution is 2.63. The first-order chi connectivity index (χ1) is 21.3. The van der Waals surface area contributed by atoms with Crippen LogP contribution in [0.2, 0.25) is 0 Å². The minimum atomic E-state index is -0.368. The molecule has 2 heterocycles. The Labute approximate surface area is 255 Å². The van der Waals surface area contributed by atoms with Gasteiger partial charge in [0.15, 0.2) is 0 Å². The van der Waals surface area contributed by atoms with Gasteiger partial charge in [-0.25, -0.2) is 0 Å². The van der Waals surface area contributed by atoms with Crippen molar-refractivity contribution in [1.29, 1.82) is 0 Å². The summed E-state index contributed by atoms with van der Waals surface area (Å²) in [5.74, 6) is 0. The van der Waals surface area contributed by atoms with Crippen LogP contribution in [0.25, 0.3) is 44.6 Å². The van der Waals surface area contributed by atoms with Crippen molar-refractivity contribution in [2.75, 3.05) is 0 Å². The summed E-state index contributed by atoms with van der Waals surface area (Å²) in [4.78, 5) is 2.72. The quantitative estimate of drug-likeness (QED) is 0.192. The highest BCUT2D eigenvalue weighted by atomic mass is 32.2. The molecule has 0 saturated carbocycles. The van der Waals surface area contributed by atoms with E-state index in [1.807, 2.05) is 11.8 Å². The lowest BCUT2D eigenvalue weighted by atomic mass is 9.67. The summed E-state index contributed by atoms with van der Waals surface area (Å²) in [6, 6.07) is 47.8. The van der Waals surface area contributed by atoms with E-state index >= 15 is 0 Å². The van der Waals surface area contributed by atoms with Crippen LogP contribution in [0.4, 0.5) is 0 Å². The molecule has 7 aromatic rings. The Morgan fingerprint density at radius 3 is 2.12 bits per heavy atom. The molecule has 10 rings (SSSR count). The first-order valence-corrected chi connectivity index (χ1v) is 16.0. The number of fused-ring (bicyclic) bond motifs is 14. The van der Waals surface area contributed by atoms with E-state index in [-0.39, 0.29) is 5.41 Å². The topological polar surface area (TPSA) is 4.93 Å². The van der Waals surface area contributed by atoms with E-state index in [1.165, 1.54) is 81.8 Å². The van der Waals surface area contributed by atoms with E-state index in [0.717, 1.165) is 12.8 Å². The van der Waals surface area contributed by atoms with Crippen molar-refractivity contribution in [2.24, 2.45) is 0 Å². The van der Waals surface area contributed by atoms with Crippen LogP contribution in [0.1, 0.15) is 39.9 Å². The number of aromatic nitrogens is 1. The van der Waals surface area contributed by atoms with Gasteiger partial charge in [-0.1, -0.05) is 133 Å². The Hall–Kier alpha value is -4.79. The van der Waals surface area contributed by atoms with Gasteiger partial charge in [-0.15, -0.1) is 0 Å². The monoisotopic (exact) mass is 565 g/mol. The van der Waals surface area contributed by atoms with Crippen molar-refractivity contribution in [1.82, 2.24) is 4.57 Å². The fourth-order valence-corrected chi connectivity index (χ4v) is 9.54. The molecule has 43 heavy (non-hydrogen) atoms. The second kappa shape index (κ2) is 8.63. The summed E-state index contributed by atoms with van der Waals surface area (Å²) in [5.41, 5.74) is 13.2. The van der Waals surface area contributed by atoms with Gasteiger partial charge in [-0.05, 0) is 75.2 Å². The molecule has 1 spiro atoms. The average molecular weight is 566 g/mol. The maximum absolute atomic E-state index is 2.60. The minimum absolute atomic E-state index is 0.368. The van der Waals surface area contributed by atoms with Crippen molar-refractivity contribution in [3.63, 3.8) is 0 Å². The molecule has 0 saturated heterocycles. The molecule has 1 aliphatic heterocycles. The number of hydrogen-bond donors (Lipinski definition) is 0. The summed E-state index contributed by atoms with van der Waals surface area (Å²) in [5, 5.41) is 3.90. The predicted molar refractivity (Wildman–Crippen MR) is 180 cm³/mol. The van der Waals surface area contributed by atoms with Gasteiger partial charge in [-0.3, -0.25) is 0 Å². The van der Waals surface area contributed by atoms with E-state index in [1.54, 1.807) is 0 Å². The average Bonchev–Trinajstić information content (AvgIpc) is 3.56. The number of allylic oxidation sites excluding steroid dienone is 1. The number of hydrogen-bond acceptors (Lipinski definition) is 1. The first-order valence-electron chi connectivity index (χ1n) is 15.2. The Kier molecular flexibility index (Phi) is 4.76. The highest BCUT2D eigenvalue weighted by Gasteiger charge is 2.50. The van der Waals surface area contributed by atoms with E-state index in [2.05, 4.69) is 144 Å². The lowest BCUT2D eigenvalue weighted by Crippen LogP contribution is -2.32. The summed E-state index contributed by atoms with van der Waals surface area (Å²) >= 11 is 1.95. The van der Waals surface area contributed by atoms with Gasteiger partial charge in [0.05, 0.1) is 10.9 Å². The van der Waals surface area contributed by atoms with Crippen LogP contribution in [-0.2, 0) is 11.8 Å². The maximum Gasteiger partial charge on any atom is 0.0736 e. The first kappa shape index (κ1) is 23.7. The molecule has 202 valence electrons. The Balaban J connectivity index is 1.38. The molecule has 0 radical (unpaired) electrons. The summed E-state index contributed by atoms with van der Waals surface area (Å²) in [7, 11) is 0. The van der Waals surface area contributed by atoms with E-state index in [0.29, 0.717) is 0 Å². The SMILES string of the molecule is C1=Cc2c(n(-c3ccc4ccccc4c3)c3c4c(ccc23)C2(c3ccccc3S4)c3ccccc3-c3ccccc32)CC1. The maximum atomic E-state index is 2.60. The molecule has 1 nitrogen and oxygen atoms in total. The molecule has 0 bridgehead atoms. The lowest BCUT2D eigenvalue weighted by Gasteiger charge is -2.40. The Morgan fingerprint density at radius 1 is 0.605 bits per heavy atom. The molecule has 3 aliphatic rings. The van der Waals surface area contributed by atoms with Crippen LogP contribution in [0.5, 0.6) is 0 Å². The molecule has 0 atom stereocenters. The smallest absolute Gasteiger partial charge is 0.0736 e. The highest BCUT2D eigenvalue weighted by molar-refractivity contribution is 7.99. The number of benzene rings is 6. The van der Waals surface area contributed by atoms with Crippen LogP contribution >= 0.6 is 11.8 Å². The molecular formula is C41H27NS. The predicted octanol–water partition coefficient (Wildman–Crippen LogP) is 10.6. The fraction of sp³-hybridized carbons (Fsp3) is 0.0732. The van der Waals surface area contributed by atoms with Gasteiger partial charge in [0.25, 0.3) is 0 Å². The van der Waals surface area contributed by atoms with Crippen LogP contribution in [0.15, 0.2) is 143 Å². The molecule has 2 aliphatic carbocycles. The molecule has 0 unspecified atom stereocenters. The Bertz CT molecular complexity index is 2290. The van der Waals surface area contributed by atoms with Gasteiger partial charge >= 0.3 is 0 Å². The third-order valence-corrected chi connectivity index (χ3v) is 11.1. The van der Waals surface area contributed by atoms with Crippen LogP contribution in [0.3, 0.4) is 0 Å². The molecular weight excluding hydrogens is 539 g/mol. The van der Waals surface area contributed by atoms with Crippen LogP contribution in [0, 0.1) is 0 Å². The summed E-state index contributed by atoms with van der Waals surface area (Å²) in [6.07, 6.45) is 6.82. The number of nitrogens with zero attached hydrogens (tertiary/aromatic N) is 1. The number of rotatable bonds is 1. The zero-order valence-corrected chi connectivity index (χ0v) is 24.4. The third kappa shape index (κ3) is 2.99. The van der Waals surface area contributed by atoms with Gasteiger partial charge < -0.3 is 4.57 Å². The molecule has 0 amide bonds. The zero-order valence-electron chi connectivity index (χ0n) is 23.5. The third-order valence-electron chi connectivity index (χ3n) is 9.91. The van der Waals surface area contributed by atoms with Crippen molar-refractivity contribution in [2.45, 2.75) is 28.0 Å². The Morgan fingerprint density at radius 2 is 1.30 bits per heavy atom. The van der Waals surface area contributed by atoms with Gasteiger partial charge in [0.2, 0.25) is 0 Å². The molecule has 1 aromatic heterocycles. The largest absolute Gasteiger partial charge is 0.312 e. The van der Waals surface area contributed by atoms with Crippen molar-refractivity contribution >= 4 is 39.5 Å². The van der Waals surface area contributed by atoms with E-state index < -0.39 is 0 Å². The minimum Gasteiger partial charge on any atom is -0.312 e.